The molecule has 0 spiro atoms. The molecule has 4 aromatic rings. The third-order valence-corrected chi connectivity index (χ3v) is 5.65. The van der Waals surface area contributed by atoms with E-state index in [1.807, 2.05) is 24.3 Å². The van der Waals surface area contributed by atoms with Crippen LogP contribution in [0, 0.1) is 0 Å². The SMILES string of the molecule is COc1cccc(CNC(=O)c2cc(C(=O)NCc3ccc(NC(=O)NC(=O)c4ccccc4)cc3)ncn2)c1. The number of amides is 5. The maximum atomic E-state index is 12.6. The van der Waals surface area contributed by atoms with Crippen LogP contribution in [0.5, 0.6) is 5.75 Å². The van der Waals surface area contributed by atoms with Crippen molar-refractivity contribution in [3.8, 4) is 5.75 Å². The van der Waals surface area contributed by atoms with Crippen molar-refractivity contribution in [3.63, 3.8) is 0 Å². The van der Waals surface area contributed by atoms with Gasteiger partial charge in [0.2, 0.25) is 0 Å². The molecular weight excluding hydrogens is 512 g/mol. The van der Waals surface area contributed by atoms with Gasteiger partial charge in [0.05, 0.1) is 7.11 Å². The summed E-state index contributed by atoms with van der Waals surface area (Å²) in [6, 6.07) is 23.1. The topological polar surface area (TPSA) is 151 Å². The number of nitrogens with zero attached hydrogens (tertiary/aromatic N) is 2. The fourth-order valence-electron chi connectivity index (χ4n) is 3.57. The molecule has 1 heterocycles. The van der Waals surface area contributed by atoms with Gasteiger partial charge in [0.25, 0.3) is 17.7 Å². The minimum Gasteiger partial charge on any atom is -0.497 e. The van der Waals surface area contributed by atoms with Gasteiger partial charge < -0.3 is 20.7 Å². The number of imide groups is 1. The van der Waals surface area contributed by atoms with Gasteiger partial charge >= 0.3 is 6.03 Å². The van der Waals surface area contributed by atoms with Crippen LogP contribution in [0.15, 0.2) is 91.3 Å². The van der Waals surface area contributed by atoms with E-state index in [1.54, 1.807) is 61.7 Å². The van der Waals surface area contributed by atoms with Gasteiger partial charge in [0.1, 0.15) is 23.5 Å². The van der Waals surface area contributed by atoms with Crippen LogP contribution in [-0.4, -0.2) is 40.8 Å². The average molecular weight is 539 g/mol. The number of ether oxygens (including phenoxy) is 1. The predicted octanol–water partition coefficient (Wildman–Crippen LogP) is 3.31. The van der Waals surface area contributed by atoms with Crippen molar-refractivity contribution in [2.75, 3.05) is 12.4 Å². The number of urea groups is 1. The maximum absolute atomic E-state index is 12.6. The first kappa shape index (κ1) is 27.5. The summed E-state index contributed by atoms with van der Waals surface area (Å²) in [6.45, 7) is 0.441. The molecule has 0 fully saturated rings. The van der Waals surface area contributed by atoms with Gasteiger partial charge in [-0.1, -0.05) is 42.5 Å². The van der Waals surface area contributed by atoms with Crippen molar-refractivity contribution in [3.05, 3.63) is 119 Å². The van der Waals surface area contributed by atoms with Crippen LogP contribution in [0.25, 0.3) is 0 Å². The summed E-state index contributed by atoms with van der Waals surface area (Å²) >= 11 is 0. The number of hydrogen-bond acceptors (Lipinski definition) is 7. The Balaban J connectivity index is 1.26. The van der Waals surface area contributed by atoms with Crippen LogP contribution in [0.2, 0.25) is 0 Å². The highest BCUT2D eigenvalue weighted by molar-refractivity contribution is 6.07. The summed E-state index contributed by atoms with van der Waals surface area (Å²) in [5.74, 6) is -0.763. The summed E-state index contributed by atoms with van der Waals surface area (Å²) in [5, 5.41) is 10.3. The number of carbonyl (C=O) groups is 4. The fourth-order valence-corrected chi connectivity index (χ4v) is 3.57. The van der Waals surface area contributed by atoms with E-state index in [1.165, 1.54) is 6.07 Å². The Morgan fingerprint density at radius 1 is 0.700 bits per heavy atom. The van der Waals surface area contributed by atoms with E-state index in [0.717, 1.165) is 17.5 Å². The zero-order valence-corrected chi connectivity index (χ0v) is 21.5. The fraction of sp³-hybridized carbons (Fsp3) is 0.103. The monoisotopic (exact) mass is 538 g/mol. The standard InChI is InChI=1S/C29H26N6O5/c1-40-23-9-5-6-20(14-23)17-31-28(38)25-15-24(32-18-33-25)27(37)30-16-19-10-12-22(13-11-19)34-29(39)35-26(36)21-7-3-2-4-8-21/h2-15,18H,16-17H2,1H3,(H,30,37)(H,31,38)(H2,34,35,36,39). The van der Waals surface area contributed by atoms with Gasteiger partial charge in [-0.15, -0.1) is 0 Å². The number of rotatable bonds is 9. The number of benzene rings is 3. The first-order valence-electron chi connectivity index (χ1n) is 12.2. The molecular formula is C29H26N6O5. The van der Waals surface area contributed by atoms with Gasteiger partial charge in [0.15, 0.2) is 0 Å². The van der Waals surface area contributed by atoms with Crippen molar-refractivity contribution in [2.45, 2.75) is 13.1 Å². The Labute approximate surface area is 230 Å². The molecule has 0 radical (unpaired) electrons. The quantitative estimate of drug-likeness (QED) is 0.255. The van der Waals surface area contributed by atoms with Crippen LogP contribution in [-0.2, 0) is 13.1 Å². The molecule has 4 N–H and O–H groups in total. The lowest BCUT2D eigenvalue weighted by atomic mass is 10.2. The number of carbonyl (C=O) groups excluding carboxylic acids is 4. The van der Waals surface area contributed by atoms with E-state index >= 15 is 0 Å². The molecule has 11 heteroatoms. The molecule has 0 aliphatic heterocycles. The lowest BCUT2D eigenvalue weighted by Crippen LogP contribution is -2.34. The highest BCUT2D eigenvalue weighted by Gasteiger charge is 2.14. The van der Waals surface area contributed by atoms with E-state index in [4.69, 9.17) is 4.74 Å². The Morgan fingerprint density at radius 3 is 2.00 bits per heavy atom. The second-order valence-electron chi connectivity index (χ2n) is 8.48. The van der Waals surface area contributed by atoms with E-state index in [-0.39, 0.29) is 24.5 Å². The number of anilines is 1. The molecule has 4 rings (SSSR count). The molecule has 40 heavy (non-hydrogen) atoms. The summed E-state index contributed by atoms with van der Waals surface area (Å²) in [7, 11) is 1.57. The van der Waals surface area contributed by atoms with Crippen molar-refractivity contribution < 1.29 is 23.9 Å². The molecule has 0 aliphatic rings. The Morgan fingerprint density at radius 2 is 1.35 bits per heavy atom. The van der Waals surface area contributed by atoms with Crippen molar-refractivity contribution in [2.24, 2.45) is 0 Å². The Bertz CT molecular complexity index is 1510. The first-order valence-corrected chi connectivity index (χ1v) is 12.2. The maximum Gasteiger partial charge on any atom is 0.326 e. The molecule has 0 atom stereocenters. The average Bonchev–Trinajstić information content (AvgIpc) is 2.99. The van der Waals surface area contributed by atoms with Crippen LogP contribution < -0.4 is 26.0 Å². The minimum atomic E-state index is -0.665. The third kappa shape index (κ3) is 7.71. The molecule has 1 aromatic heterocycles. The van der Waals surface area contributed by atoms with E-state index < -0.39 is 23.8 Å². The van der Waals surface area contributed by atoms with E-state index in [0.29, 0.717) is 17.0 Å². The van der Waals surface area contributed by atoms with Crippen LogP contribution in [0.1, 0.15) is 42.5 Å². The lowest BCUT2D eigenvalue weighted by Gasteiger charge is -2.09. The first-order chi connectivity index (χ1) is 19.4. The van der Waals surface area contributed by atoms with E-state index in [2.05, 4.69) is 31.2 Å². The predicted molar refractivity (Wildman–Crippen MR) is 147 cm³/mol. The molecule has 3 aromatic carbocycles. The van der Waals surface area contributed by atoms with Crippen molar-refractivity contribution in [1.82, 2.24) is 25.9 Å². The zero-order valence-electron chi connectivity index (χ0n) is 21.5. The smallest absolute Gasteiger partial charge is 0.326 e. The summed E-state index contributed by atoms with van der Waals surface area (Å²) in [4.78, 5) is 57.3. The van der Waals surface area contributed by atoms with Crippen LogP contribution >= 0.6 is 0 Å². The van der Waals surface area contributed by atoms with Crippen LogP contribution in [0.4, 0.5) is 10.5 Å². The molecule has 5 amide bonds. The number of aromatic nitrogens is 2. The Kier molecular flexibility index (Phi) is 9.12. The van der Waals surface area contributed by atoms with Crippen LogP contribution in [0.3, 0.4) is 0 Å². The minimum absolute atomic E-state index is 0.0413. The normalized spacial score (nSPS) is 10.2. The number of methoxy groups -OCH3 is 1. The second-order valence-corrected chi connectivity index (χ2v) is 8.48. The summed E-state index contributed by atoms with van der Waals surface area (Å²) in [5.41, 5.74) is 2.54. The lowest BCUT2D eigenvalue weighted by molar-refractivity contribution is 0.0939. The molecule has 0 saturated heterocycles. The highest BCUT2D eigenvalue weighted by atomic mass is 16.5. The van der Waals surface area contributed by atoms with Gasteiger partial charge in [-0.05, 0) is 47.5 Å². The molecule has 0 unspecified atom stereocenters. The molecule has 0 aliphatic carbocycles. The summed E-state index contributed by atoms with van der Waals surface area (Å²) in [6.07, 6.45) is 1.16. The molecule has 11 nitrogen and oxygen atoms in total. The van der Waals surface area contributed by atoms with Gasteiger partial charge in [-0.2, -0.15) is 0 Å². The van der Waals surface area contributed by atoms with Crippen molar-refractivity contribution in [1.29, 1.82) is 0 Å². The zero-order chi connectivity index (χ0) is 28.3. The second kappa shape index (κ2) is 13.3. The summed E-state index contributed by atoms with van der Waals surface area (Å²) < 4.78 is 5.18. The van der Waals surface area contributed by atoms with E-state index in [9.17, 15) is 19.2 Å². The molecule has 0 bridgehead atoms. The third-order valence-electron chi connectivity index (χ3n) is 5.65. The van der Waals surface area contributed by atoms with Gasteiger partial charge in [-0.3, -0.25) is 19.7 Å². The molecule has 0 saturated carbocycles. The molecule has 202 valence electrons. The number of hydrogen-bond donors (Lipinski definition) is 4. The number of nitrogens with one attached hydrogen (secondary N) is 4. The van der Waals surface area contributed by atoms with Gasteiger partial charge in [0, 0.05) is 30.4 Å². The van der Waals surface area contributed by atoms with Gasteiger partial charge in [-0.25, -0.2) is 14.8 Å². The van der Waals surface area contributed by atoms with Crippen molar-refractivity contribution >= 4 is 29.4 Å². The Hall–Kier alpha value is -5.58. The largest absolute Gasteiger partial charge is 0.497 e. The highest BCUT2D eigenvalue weighted by Crippen LogP contribution is 2.13.